The second-order valence-corrected chi connectivity index (χ2v) is 3.66. The average molecular weight is 235 g/mol. The maximum atomic E-state index is 11.8. The fourth-order valence-electron chi connectivity index (χ4n) is 1.41. The van der Waals surface area contributed by atoms with Gasteiger partial charge in [0.1, 0.15) is 0 Å². The van der Waals surface area contributed by atoms with Crippen molar-refractivity contribution >= 4 is 17.5 Å². The zero-order chi connectivity index (χ0) is 12.8. The quantitative estimate of drug-likeness (QED) is 0.662. The number of benzene rings is 1. The molecule has 0 heterocycles. The van der Waals surface area contributed by atoms with Gasteiger partial charge in [0.2, 0.25) is 5.91 Å². The molecule has 5 heteroatoms. The third-order valence-corrected chi connectivity index (χ3v) is 2.40. The van der Waals surface area contributed by atoms with Gasteiger partial charge in [-0.3, -0.25) is 9.59 Å². The first-order valence-corrected chi connectivity index (χ1v) is 5.46. The molecular formula is C12H17N3O2. The third kappa shape index (κ3) is 3.48. The van der Waals surface area contributed by atoms with Crippen LogP contribution < -0.4 is 16.4 Å². The molecular weight excluding hydrogens is 218 g/mol. The van der Waals surface area contributed by atoms with Crippen molar-refractivity contribution in [1.29, 1.82) is 0 Å². The first kappa shape index (κ1) is 13.0. The van der Waals surface area contributed by atoms with Gasteiger partial charge in [-0.05, 0) is 31.5 Å². The maximum absolute atomic E-state index is 11.8. The molecule has 1 aromatic rings. The van der Waals surface area contributed by atoms with E-state index in [-0.39, 0.29) is 18.4 Å². The highest BCUT2D eigenvalue weighted by atomic mass is 16.2. The molecule has 0 aromatic heterocycles. The van der Waals surface area contributed by atoms with Crippen LogP contribution in [0, 0.1) is 6.92 Å². The molecule has 0 atom stereocenters. The number of nitrogens with two attached hydrogens (primary N) is 1. The number of carbonyl (C=O) groups excluding carboxylic acids is 2. The number of anilines is 1. The van der Waals surface area contributed by atoms with Crippen LogP contribution >= 0.6 is 0 Å². The third-order valence-electron chi connectivity index (χ3n) is 2.40. The van der Waals surface area contributed by atoms with E-state index in [1.807, 2.05) is 6.92 Å². The summed E-state index contributed by atoms with van der Waals surface area (Å²) in [6, 6.07) is 5.12. The first-order valence-electron chi connectivity index (χ1n) is 5.46. The van der Waals surface area contributed by atoms with E-state index < -0.39 is 0 Å². The van der Waals surface area contributed by atoms with Crippen molar-refractivity contribution in [3.63, 3.8) is 0 Å². The summed E-state index contributed by atoms with van der Waals surface area (Å²) < 4.78 is 0. The topological polar surface area (TPSA) is 84.2 Å². The lowest BCUT2D eigenvalue weighted by Crippen LogP contribution is -2.37. The van der Waals surface area contributed by atoms with Crippen molar-refractivity contribution < 1.29 is 9.59 Å². The molecule has 92 valence electrons. The largest absolute Gasteiger partial charge is 0.398 e. The summed E-state index contributed by atoms with van der Waals surface area (Å²) in [6.45, 7) is 4.12. The lowest BCUT2D eigenvalue weighted by Gasteiger charge is -2.09. The lowest BCUT2D eigenvalue weighted by atomic mass is 10.1. The van der Waals surface area contributed by atoms with Crippen LogP contribution in [0.2, 0.25) is 0 Å². The summed E-state index contributed by atoms with van der Waals surface area (Å²) in [5.41, 5.74) is 7.49. The van der Waals surface area contributed by atoms with E-state index in [0.29, 0.717) is 17.8 Å². The van der Waals surface area contributed by atoms with Gasteiger partial charge in [-0.25, -0.2) is 0 Å². The minimum Gasteiger partial charge on any atom is -0.398 e. The first-order chi connectivity index (χ1) is 8.06. The number of carbonyl (C=O) groups is 2. The van der Waals surface area contributed by atoms with Crippen LogP contribution in [-0.4, -0.2) is 24.9 Å². The molecule has 0 fully saturated rings. The predicted molar refractivity (Wildman–Crippen MR) is 66.6 cm³/mol. The lowest BCUT2D eigenvalue weighted by molar-refractivity contribution is -0.120. The van der Waals surface area contributed by atoms with Gasteiger partial charge in [0.25, 0.3) is 5.91 Å². The van der Waals surface area contributed by atoms with Crippen LogP contribution in [0.4, 0.5) is 5.69 Å². The summed E-state index contributed by atoms with van der Waals surface area (Å²) in [6.07, 6.45) is 0. The minimum absolute atomic E-state index is 0.0269. The predicted octanol–water partition coefficient (Wildman–Crippen LogP) is 0.443. The fraction of sp³-hybridized carbons (Fsp3) is 0.333. The van der Waals surface area contributed by atoms with Gasteiger partial charge >= 0.3 is 0 Å². The highest BCUT2D eigenvalue weighted by Crippen LogP contribution is 2.14. The molecule has 0 aliphatic rings. The Morgan fingerprint density at radius 1 is 1.29 bits per heavy atom. The monoisotopic (exact) mass is 235 g/mol. The molecule has 1 rings (SSSR count). The van der Waals surface area contributed by atoms with Crippen LogP contribution in [0.25, 0.3) is 0 Å². The van der Waals surface area contributed by atoms with Crippen molar-refractivity contribution in [3.8, 4) is 0 Å². The van der Waals surface area contributed by atoms with E-state index >= 15 is 0 Å². The molecule has 5 nitrogen and oxygen atoms in total. The zero-order valence-corrected chi connectivity index (χ0v) is 10.0. The normalized spacial score (nSPS) is 9.76. The van der Waals surface area contributed by atoms with Crippen LogP contribution in [-0.2, 0) is 4.79 Å². The summed E-state index contributed by atoms with van der Waals surface area (Å²) in [4.78, 5) is 23.0. The Kier molecular flexibility index (Phi) is 4.51. The number of rotatable bonds is 4. The summed E-state index contributed by atoms with van der Waals surface area (Å²) in [7, 11) is 0. The van der Waals surface area contributed by atoms with Gasteiger partial charge in [-0.1, -0.05) is 6.07 Å². The fourth-order valence-corrected chi connectivity index (χ4v) is 1.41. The molecule has 4 N–H and O–H groups in total. The molecule has 2 amide bonds. The Labute approximate surface area is 100 Å². The van der Waals surface area contributed by atoms with Gasteiger partial charge in [-0.15, -0.1) is 0 Å². The van der Waals surface area contributed by atoms with Gasteiger partial charge in [0.15, 0.2) is 0 Å². The van der Waals surface area contributed by atoms with E-state index in [0.717, 1.165) is 5.56 Å². The molecule has 17 heavy (non-hydrogen) atoms. The summed E-state index contributed by atoms with van der Waals surface area (Å²) >= 11 is 0. The summed E-state index contributed by atoms with van der Waals surface area (Å²) in [5, 5.41) is 5.15. The number of amides is 2. The summed E-state index contributed by atoms with van der Waals surface area (Å²) in [5.74, 6) is -0.497. The smallest absolute Gasteiger partial charge is 0.252 e. The molecule has 0 radical (unpaired) electrons. The van der Waals surface area contributed by atoms with Crippen LogP contribution in [0.15, 0.2) is 18.2 Å². The Balaban J connectivity index is 2.64. The van der Waals surface area contributed by atoms with Gasteiger partial charge < -0.3 is 16.4 Å². The van der Waals surface area contributed by atoms with Crippen molar-refractivity contribution in [2.24, 2.45) is 0 Å². The number of hydrogen-bond acceptors (Lipinski definition) is 3. The highest BCUT2D eigenvalue weighted by Gasteiger charge is 2.11. The standard InChI is InChI=1S/C12H17N3O2/c1-3-14-11(16)7-15-12(17)9-5-4-6-10(13)8(9)2/h4-6H,3,7,13H2,1-2H3,(H,14,16)(H,15,17). The number of hydrogen-bond donors (Lipinski definition) is 3. The second kappa shape index (κ2) is 5.89. The zero-order valence-electron chi connectivity index (χ0n) is 10.0. The van der Waals surface area contributed by atoms with Gasteiger partial charge in [-0.2, -0.15) is 0 Å². The van der Waals surface area contributed by atoms with Gasteiger partial charge in [0, 0.05) is 17.8 Å². The molecule has 0 bridgehead atoms. The highest BCUT2D eigenvalue weighted by molar-refractivity contribution is 5.98. The number of nitrogens with one attached hydrogen (secondary N) is 2. The average Bonchev–Trinajstić information content (AvgIpc) is 2.30. The molecule has 0 aliphatic heterocycles. The van der Waals surface area contributed by atoms with E-state index in [1.54, 1.807) is 25.1 Å². The Morgan fingerprint density at radius 2 is 2.00 bits per heavy atom. The maximum Gasteiger partial charge on any atom is 0.252 e. The Bertz CT molecular complexity index is 430. The number of nitrogen functional groups attached to an aromatic ring is 1. The Hall–Kier alpha value is -2.04. The van der Waals surface area contributed by atoms with Crippen molar-refractivity contribution in [1.82, 2.24) is 10.6 Å². The number of likely N-dealkylation sites (N-methyl/N-ethyl adjacent to an activating group) is 1. The molecule has 0 unspecified atom stereocenters. The van der Waals surface area contributed by atoms with Crippen molar-refractivity contribution in [2.45, 2.75) is 13.8 Å². The van der Waals surface area contributed by atoms with E-state index in [9.17, 15) is 9.59 Å². The van der Waals surface area contributed by atoms with Crippen LogP contribution in [0.3, 0.4) is 0 Å². The van der Waals surface area contributed by atoms with E-state index in [1.165, 1.54) is 0 Å². The molecule has 0 aliphatic carbocycles. The van der Waals surface area contributed by atoms with Crippen LogP contribution in [0.5, 0.6) is 0 Å². The van der Waals surface area contributed by atoms with Crippen LogP contribution in [0.1, 0.15) is 22.8 Å². The van der Waals surface area contributed by atoms with Crippen molar-refractivity contribution in [2.75, 3.05) is 18.8 Å². The molecule has 0 saturated carbocycles. The van der Waals surface area contributed by atoms with E-state index in [4.69, 9.17) is 5.73 Å². The Morgan fingerprint density at radius 3 is 2.65 bits per heavy atom. The van der Waals surface area contributed by atoms with Crippen molar-refractivity contribution in [3.05, 3.63) is 29.3 Å². The van der Waals surface area contributed by atoms with E-state index in [2.05, 4.69) is 10.6 Å². The molecule has 0 saturated heterocycles. The molecule has 1 aromatic carbocycles. The second-order valence-electron chi connectivity index (χ2n) is 3.66. The minimum atomic E-state index is -0.291. The molecule has 0 spiro atoms. The van der Waals surface area contributed by atoms with Gasteiger partial charge in [0.05, 0.1) is 6.54 Å². The SMILES string of the molecule is CCNC(=O)CNC(=O)c1cccc(N)c1C.